The molecule has 0 aliphatic carbocycles. The number of ether oxygens (including phenoxy) is 2. The number of hydrogen-bond donors (Lipinski definition) is 0. The van der Waals surface area contributed by atoms with Crippen molar-refractivity contribution in [2.24, 2.45) is 5.41 Å². The maximum Gasteiger partial charge on any atom is 0.338 e. The standard InChI is InChI=1S/C36H46O4/c1-5-9-23-36(8-4,28-29-17-12-10-13-18-29)40-34(38)32-22-16-19-30(26-32)27-35(6-2,7-3)24-25-39-33(37)31-20-14-11-15-21-31/h10-22,26H,5-9,23-25,27-28H2,1-4H3. The molecule has 0 amide bonds. The van der Waals surface area contributed by atoms with E-state index in [0.29, 0.717) is 24.2 Å². The summed E-state index contributed by atoms with van der Waals surface area (Å²) < 4.78 is 12.0. The van der Waals surface area contributed by atoms with Crippen LogP contribution in [0.1, 0.15) is 104 Å². The molecule has 0 aliphatic rings. The Labute approximate surface area is 241 Å². The van der Waals surface area contributed by atoms with Crippen molar-refractivity contribution in [3.8, 4) is 0 Å². The van der Waals surface area contributed by atoms with E-state index in [-0.39, 0.29) is 17.4 Å². The van der Waals surface area contributed by atoms with Gasteiger partial charge >= 0.3 is 11.9 Å². The SMILES string of the molecule is CCCCC(CC)(Cc1ccccc1)OC(=O)c1cccc(CC(CC)(CC)CCOC(=O)c2ccccc2)c1. The number of carbonyl (C=O) groups is 2. The molecule has 1 unspecified atom stereocenters. The van der Waals surface area contributed by atoms with Crippen molar-refractivity contribution in [3.05, 3.63) is 107 Å². The van der Waals surface area contributed by atoms with Gasteiger partial charge in [0.15, 0.2) is 0 Å². The first-order valence-corrected chi connectivity index (χ1v) is 15.0. The van der Waals surface area contributed by atoms with Crippen LogP contribution in [0.25, 0.3) is 0 Å². The molecule has 0 aromatic heterocycles. The normalized spacial score (nSPS) is 12.9. The third-order valence-corrected chi connectivity index (χ3v) is 8.43. The Hall–Kier alpha value is -3.40. The molecule has 0 aliphatic heterocycles. The molecule has 3 rings (SSSR count). The highest BCUT2D eigenvalue weighted by molar-refractivity contribution is 5.90. The Morgan fingerprint density at radius 3 is 1.90 bits per heavy atom. The van der Waals surface area contributed by atoms with E-state index >= 15 is 0 Å². The van der Waals surface area contributed by atoms with Gasteiger partial charge in [-0.05, 0) is 72.9 Å². The molecule has 214 valence electrons. The average molecular weight is 543 g/mol. The molecule has 0 spiro atoms. The van der Waals surface area contributed by atoms with Crippen molar-refractivity contribution in [1.82, 2.24) is 0 Å². The van der Waals surface area contributed by atoms with Crippen LogP contribution in [-0.2, 0) is 22.3 Å². The van der Waals surface area contributed by atoms with Gasteiger partial charge < -0.3 is 9.47 Å². The molecule has 0 fully saturated rings. The molecule has 0 bridgehead atoms. The van der Waals surface area contributed by atoms with Crippen molar-refractivity contribution in [3.63, 3.8) is 0 Å². The topological polar surface area (TPSA) is 52.6 Å². The minimum atomic E-state index is -0.524. The third kappa shape index (κ3) is 8.81. The minimum Gasteiger partial charge on any atom is -0.462 e. The maximum absolute atomic E-state index is 13.5. The van der Waals surface area contributed by atoms with Crippen LogP contribution in [0.3, 0.4) is 0 Å². The lowest BCUT2D eigenvalue weighted by Crippen LogP contribution is -2.37. The number of esters is 2. The second-order valence-electron chi connectivity index (χ2n) is 11.0. The van der Waals surface area contributed by atoms with Crippen LogP contribution in [0.15, 0.2) is 84.9 Å². The predicted octanol–water partition coefficient (Wildman–Crippen LogP) is 9.02. The summed E-state index contributed by atoms with van der Waals surface area (Å²) in [6.07, 6.45) is 7.87. The number of rotatable bonds is 16. The molecule has 4 heteroatoms. The molecule has 4 nitrogen and oxygen atoms in total. The Kier molecular flexibility index (Phi) is 12.0. The van der Waals surface area contributed by atoms with Gasteiger partial charge in [0.2, 0.25) is 0 Å². The lowest BCUT2D eigenvalue weighted by Gasteiger charge is -2.33. The van der Waals surface area contributed by atoms with Crippen LogP contribution in [0.2, 0.25) is 0 Å². The molecular weight excluding hydrogens is 496 g/mol. The Balaban J connectivity index is 1.71. The molecule has 40 heavy (non-hydrogen) atoms. The molecular formula is C36H46O4. The summed E-state index contributed by atoms with van der Waals surface area (Å²) in [6, 6.07) is 27.3. The average Bonchev–Trinajstić information content (AvgIpc) is 3.00. The molecule has 0 heterocycles. The Bertz CT molecular complexity index is 1180. The highest BCUT2D eigenvalue weighted by Crippen LogP contribution is 2.35. The van der Waals surface area contributed by atoms with Gasteiger partial charge in [0, 0.05) is 6.42 Å². The molecule has 3 aromatic rings. The van der Waals surface area contributed by atoms with Gasteiger partial charge in [-0.25, -0.2) is 9.59 Å². The smallest absolute Gasteiger partial charge is 0.338 e. The first kappa shape index (κ1) is 31.1. The third-order valence-electron chi connectivity index (χ3n) is 8.43. The van der Waals surface area contributed by atoms with E-state index in [1.165, 1.54) is 5.56 Å². The molecule has 0 saturated heterocycles. The van der Waals surface area contributed by atoms with E-state index in [4.69, 9.17) is 9.47 Å². The van der Waals surface area contributed by atoms with Gasteiger partial charge in [-0.2, -0.15) is 0 Å². The number of benzene rings is 3. The van der Waals surface area contributed by atoms with Gasteiger partial charge in [-0.3, -0.25) is 0 Å². The van der Waals surface area contributed by atoms with Gasteiger partial charge in [0.25, 0.3) is 0 Å². The second kappa shape index (κ2) is 15.4. The lowest BCUT2D eigenvalue weighted by atomic mass is 9.74. The zero-order chi connectivity index (χ0) is 28.8. The largest absolute Gasteiger partial charge is 0.462 e. The molecule has 0 radical (unpaired) electrons. The fourth-order valence-electron chi connectivity index (χ4n) is 5.47. The summed E-state index contributed by atoms with van der Waals surface area (Å²) in [4.78, 5) is 26.0. The monoisotopic (exact) mass is 542 g/mol. The van der Waals surface area contributed by atoms with Crippen LogP contribution < -0.4 is 0 Å². The molecule has 0 saturated carbocycles. The predicted molar refractivity (Wildman–Crippen MR) is 163 cm³/mol. The van der Waals surface area contributed by atoms with Crippen molar-refractivity contribution >= 4 is 11.9 Å². The van der Waals surface area contributed by atoms with Gasteiger partial charge in [0.1, 0.15) is 5.60 Å². The minimum absolute atomic E-state index is 0.0267. The van der Waals surface area contributed by atoms with Crippen LogP contribution in [0.5, 0.6) is 0 Å². The summed E-state index contributed by atoms with van der Waals surface area (Å²) in [5.41, 5.74) is 2.90. The lowest BCUT2D eigenvalue weighted by molar-refractivity contribution is -0.0262. The molecule has 3 aromatic carbocycles. The van der Waals surface area contributed by atoms with Crippen molar-refractivity contribution in [1.29, 1.82) is 0 Å². The number of hydrogen-bond acceptors (Lipinski definition) is 4. The van der Waals surface area contributed by atoms with Crippen molar-refractivity contribution in [2.75, 3.05) is 6.61 Å². The quantitative estimate of drug-likeness (QED) is 0.169. The fourth-order valence-corrected chi connectivity index (χ4v) is 5.47. The van der Waals surface area contributed by atoms with E-state index in [9.17, 15) is 9.59 Å². The van der Waals surface area contributed by atoms with Crippen molar-refractivity contribution < 1.29 is 19.1 Å². The highest BCUT2D eigenvalue weighted by Gasteiger charge is 2.33. The fraction of sp³-hybridized carbons (Fsp3) is 0.444. The number of carbonyl (C=O) groups excluding carboxylic acids is 2. The maximum atomic E-state index is 13.5. The van der Waals surface area contributed by atoms with E-state index in [2.05, 4.69) is 45.9 Å². The van der Waals surface area contributed by atoms with Gasteiger partial charge in [-0.1, -0.05) is 108 Å². The van der Waals surface area contributed by atoms with E-state index in [1.807, 2.05) is 54.6 Å². The Morgan fingerprint density at radius 2 is 1.27 bits per heavy atom. The molecule has 1 atom stereocenters. The summed E-state index contributed by atoms with van der Waals surface area (Å²) in [5, 5.41) is 0. The van der Waals surface area contributed by atoms with E-state index < -0.39 is 5.60 Å². The summed E-state index contributed by atoms with van der Waals surface area (Å²) >= 11 is 0. The zero-order valence-corrected chi connectivity index (χ0v) is 24.8. The first-order valence-electron chi connectivity index (χ1n) is 15.0. The number of unbranched alkanes of at least 4 members (excludes halogenated alkanes) is 1. The molecule has 0 N–H and O–H groups in total. The van der Waals surface area contributed by atoms with Crippen LogP contribution in [-0.4, -0.2) is 24.1 Å². The summed E-state index contributed by atoms with van der Waals surface area (Å²) in [6.45, 7) is 9.03. The second-order valence-corrected chi connectivity index (χ2v) is 11.0. The van der Waals surface area contributed by atoms with Crippen LogP contribution in [0, 0.1) is 5.41 Å². The summed E-state index contributed by atoms with van der Waals surface area (Å²) in [5.74, 6) is -0.546. The van der Waals surface area contributed by atoms with Crippen molar-refractivity contribution in [2.45, 2.75) is 91.1 Å². The highest BCUT2D eigenvalue weighted by atomic mass is 16.6. The van der Waals surface area contributed by atoms with E-state index in [0.717, 1.165) is 56.9 Å². The Morgan fingerprint density at radius 1 is 0.650 bits per heavy atom. The summed E-state index contributed by atoms with van der Waals surface area (Å²) in [7, 11) is 0. The van der Waals surface area contributed by atoms with Gasteiger partial charge in [-0.15, -0.1) is 0 Å². The zero-order valence-electron chi connectivity index (χ0n) is 24.8. The van der Waals surface area contributed by atoms with E-state index in [1.54, 1.807) is 12.1 Å². The van der Waals surface area contributed by atoms with Crippen LogP contribution in [0.4, 0.5) is 0 Å². The van der Waals surface area contributed by atoms with Crippen LogP contribution >= 0.6 is 0 Å². The van der Waals surface area contributed by atoms with Gasteiger partial charge in [0.05, 0.1) is 17.7 Å². The first-order chi connectivity index (χ1) is 19.4.